The number of fused-ring (bicyclic) bond motifs is 1. The Morgan fingerprint density at radius 2 is 2.08 bits per heavy atom. The van der Waals surface area contributed by atoms with E-state index in [0.29, 0.717) is 5.11 Å². The van der Waals surface area contributed by atoms with E-state index in [9.17, 15) is 0 Å². The molecule has 0 fully saturated rings. The van der Waals surface area contributed by atoms with Gasteiger partial charge in [0.2, 0.25) is 0 Å². The van der Waals surface area contributed by atoms with Crippen molar-refractivity contribution in [3.63, 3.8) is 0 Å². The highest BCUT2D eigenvalue weighted by molar-refractivity contribution is 9.10. The van der Waals surface area contributed by atoms with Crippen LogP contribution in [0.1, 0.15) is 11.3 Å². The molecule has 0 bridgehead atoms. The maximum absolute atomic E-state index is 5.38. The highest BCUT2D eigenvalue weighted by Gasteiger charge is 2.09. The molecule has 0 atom stereocenters. The van der Waals surface area contributed by atoms with Gasteiger partial charge in [-0.25, -0.2) is 0 Å². The van der Waals surface area contributed by atoms with Gasteiger partial charge in [0.05, 0.1) is 7.11 Å². The lowest BCUT2D eigenvalue weighted by molar-refractivity contribution is 0.415. The summed E-state index contributed by atoms with van der Waals surface area (Å²) in [4.78, 5) is 3.43. The Bertz CT molecular complexity index is 907. The quantitative estimate of drug-likeness (QED) is 0.522. The molecule has 0 saturated heterocycles. The van der Waals surface area contributed by atoms with E-state index in [2.05, 4.69) is 50.6 Å². The predicted molar refractivity (Wildman–Crippen MR) is 112 cm³/mol. The molecule has 1 heterocycles. The molecule has 3 aromatic rings. The maximum atomic E-state index is 5.38. The SMILES string of the molecule is COc1cccc(NC(=S)NCCc2c(C)[nH]c3ccc(Br)cc23)c1. The van der Waals surface area contributed by atoms with Crippen LogP contribution in [-0.2, 0) is 6.42 Å². The van der Waals surface area contributed by atoms with Crippen molar-refractivity contribution in [2.45, 2.75) is 13.3 Å². The average Bonchev–Trinajstić information content (AvgIpc) is 2.90. The first-order chi connectivity index (χ1) is 12.1. The van der Waals surface area contributed by atoms with E-state index in [1.54, 1.807) is 7.11 Å². The van der Waals surface area contributed by atoms with Gasteiger partial charge in [-0.15, -0.1) is 0 Å². The van der Waals surface area contributed by atoms with E-state index < -0.39 is 0 Å². The standard InChI is InChI=1S/C19H20BrN3OS/c1-12-16(17-10-13(20)6-7-18(17)22-12)8-9-21-19(25)23-14-4-3-5-15(11-14)24-2/h3-7,10-11,22H,8-9H2,1-2H3,(H2,21,23,25). The smallest absolute Gasteiger partial charge is 0.170 e. The van der Waals surface area contributed by atoms with Crippen molar-refractivity contribution in [3.05, 3.63) is 58.2 Å². The zero-order valence-corrected chi connectivity index (χ0v) is 16.6. The number of nitrogens with one attached hydrogen (secondary N) is 3. The summed E-state index contributed by atoms with van der Waals surface area (Å²) in [6.45, 7) is 2.87. The van der Waals surface area contributed by atoms with Crippen molar-refractivity contribution in [1.29, 1.82) is 0 Å². The molecule has 0 radical (unpaired) electrons. The molecule has 6 heteroatoms. The van der Waals surface area contributed by atoms with Crippen LogP contribution < -0.4 is 15.4 Å². The number of halogens is 1. The second-order valence-corrected chi connectivity index (χ2v) is 7.11. The molecule has 0 aliphatic heterocycles. The van der Waals surface area contributed by atoms with E-state index in [0.717, 1.165) is 34.4 Å². The van der Waals surface area contributed by atoms with Crippen molar-refractivity contribution < 1.29 is 4.74 Å². The van der Waals surface area contributed by atoms with Gasteiger partial charge in [-0.1, -0.05) is 22.0 Å². The summed E-state index contributed by atoms with van der Waals surface area (Å²) in [5, 5.41) is 8.30. The summed E-state index contributed by atoms with van der Waals surface area (Å²) in [5.74, 6) is 0.799. The minimum Gasteiger partial charge on any atom is -0.497 e. The van der Waals surface area contributed by atoms with Gasteiger partial charge in [-0.3, -0.25) is 0 Å². The minimum absolute atomic E-state index is 0.604. The number of hydrogen-bond acceptors (Lipinski definition) is 2. The number of ether oxygens (including phenoxy) is 1. The Morgan fingerprint density at radius 1 is 1.24 bits per heavy atom. The Labute approximate surface area is 161 Å². The van der Waals surface area contributed by atoms with Gasteiger partial charge in [0.25, 0.3) is 0 Å². The molecule has 2 aromatic carbocycles. The summed E-state index contributed by atoms with van der Waals surface area (Å²) in [7, 11) is 1.65. The van der Waals surface area contributed by atoms with Gasteiger partial charge in [0.1, 0.15) is 5.75 Å². The van der Waals surface area contributed by atoms with Crippen LogP contribution in [0.5, 0.6) is 5.75 Å². The zero-order chi connectivity index (χ0) is 17.8. The van der Waals surface area contributed by atoms with Crippen LogP contribution in [0.4, 0.5) is 5.69 Å². The minimum atomic E-state index is 0.604. The molecule has 0 saturated carbocycles. The first-order valence-electron chi connectivity index (χ1n) is 8.02. The number of aromatic amines is 1. The Kier molecular flexibility index (Phi) is 5.60. The van der Waals surface area contributed by atoms with Crippen molar-refractivity contribution in [3.8, 4) is 5.75 Å². The fourth-order valence-corrected chi connectivity index (χ4v) is 3.43. The lowest BCUT2D eigenvalue weighted by atomic mass is 10.1. The first kappa shape index (κ1) is 17.8. The van der Waals surface area contributed by atoms with E-state index in [1.165, 1.54) is 16.6 Å². The summed E-state index contributed by atoms with van der Waals surface area (Å²) in [6, 6.07) is 14.0. The molecule has 4 nitrogen and oxygen atoms in total. The summed E-state index contributed by atoms with van der Waals surface area (Å²) < 4.78 is 6.31. The lowest BCUT2D eigenvalue weighted by Gasteiger charge is -2.11. The number of methoxy groups -OCH3 is 1. The Hall–Kier alpha value is -2.05. The Balaban J connectivity index is 1.60. The van der Waals surface area contributed by atoms with E-state index in [4.69, 9.17) is 17.0 Å². The van der Waals surface area contributed by atoms with E-state index >= 15 is 0 Å². The molecule has 3 rings (SSSR count). The molecule has 3 N–H and O–H groups in total. The van der Waals surface area contributed by atoms with Crippen LogP contribution in [0, 0.1) is 6.92 Å². The maximum Gasteiger partial charge on any atom is 0.170 e. The number of hydrogen-bond donors (Lipinski definition) is 3. The first-order valence-corrected chi connectivity index (χ1v) is 9.22. The largest absolute Gasteiger partial charge is 0.497 e. The number of aromatic nitrogens is 1. The highest BCUT2D eigenvalue weighted by atomic mass is 79.9. The van der Waals surface area contributed by atoms with E-state index in [1.807, 2.05) is 30.3 Å². The normalized spacial score (nSPS) is 10.7. The lowest BCUT2D eigenvalue weighted by Crippen LogP contribution is -2.30. The molecule has 0 aliphatic rings. The molecular formula is C19H20BrN3OS. The van der Waals surface area contributed by atoms with Crippen LogP contribution in [-0.4, -0.2) is 23.8 Å². The van der Waals surface area contributed by atoms with Crippen LogP contribution in [0.2, 0.25) is 0 Å². The third-order valence-corrected chi connectivity index (χ3v) is 4.81. The highest BCUT2D eigenvalue weighted by Crippen LogP contribution is 2.25. The molecule has 130 valence electrons. The van der Waals surface area contributed by atoms with Gasteiger partial charge < -0.3 is 20.4 Å². The average molecular weight is 418 g/mol. The fraction of sp³-hybridized carbons (Fsp3) is 0.211. The predicted octanol–water partition coefficient (Wildman–Crippen LogP) is 4.78. The number of rotatable bonds is 5. The van der Waals surface area contributed by atoms with Crippen LogP contribution in [0.3, 0.4) is 0 Å². The third-order valence-electron chi connectivity index (χ3n) is 4.07. The second-order valence-electron chi connectivity index (χ2n) is 5.78. The third kappa shape index (κ3) is 4.32. The number of thiocarbonyl (C=S) groups is 1. The van der Waals surface area contributed by atoms with Crippen LogP contribution in [0.15, 0.2) is 46.9 Å². The van der Waals surface area contributed by atoms with Crippen molar-refractivity contribution in [2.24, 2.45) is 0 Å². The van der Waals surface area contributed by atoms with Gasteiger partial charge in [0.15, 0.2) is 5.11 Å². The topological polar surface area (TPSA) is 49.1 Å². The number of H-pyrrole nitrogens is 1. The zero-order valence-electron chi connectivity index (χ0n) is 14.2. The molecule has 0 aliphatic carbocycles. The number of aryl methyl sites for hydroxylation is 1. The molecule has 0 amide bonds. The molecule has 0 spiro atoms. The van der Waals surface area contributed by atoms with Crippen molar-refractivity contribution in [2.75, 3.05) is 19.0 Å². The molecule has 25 heavy (non-hydrogen) atoms. The number of benzene rings is 2. The van der Waals surface area contributed by atoms with Crippen molar-refractivity contribution >= 4 is 49.9 Å². The van der Waals surface area contributed by atoms with Crippen LogP contribution >= 0.6 is 28.1 Å². The van der Waals surface area contributed by atoms with Gasteiger partial charge >= 0.3 is 0 Å². The monoisotopic (exact) mass is 417 g/mol. The second kappa shape index (κ2) is 7.89. The summed E-state index contributed by atoms with van der Waals surface area (Å²) in [6.07, 6.45) is 0.891. The van der Waals surface area contributed by atoms with Gasteiger partial charge in [-0.05, 0) is 61.5 Å². The van der Waals surface area contributed by atoms with Crippen molar-refractivity contribution in [1.82, 2.24) is 10.3 Å². The molecular weight excluding hydrogens is 398 g/mol. The molecule has 0 unspecified atom stereocenters. The van der Waals surface area contributed by atoms with Gasteiger partial charge in [-0.2, -0.15) is 0 Å². The van der Waals surface area contributed by atoms with Gasteiger partial charge in [0, 0.05) is 39.4 Å². The molecule has 1 aromatic heterocycles. The Morgan fingerprint density at radius 3 is 2.88 bits per heavy atom. The van der Waals surface area contributed by atoms with Crippen LogP contribution in [0.25, 0.3) is 10.9 Å². The van der Waals surface area contributed by atoms with E-state index in [-0.39, 0.29) is 0 Å². The fourth-order valence-electron chi connectivity index (χ4n) is 2.85. The number of anilines is 1. The summed E-state index contributed by atoms with van der Waals surface area (Å²) in [5.41, 5.74) is 4.58. The summed E-state index contributed by atoms with van der Waals surface area (Å²) >= 11 is 8.93.